The first-order valence-corrected chi connectivity index (χ1v) is 16.8. The summed E-state index contributed by atoms with van der Waals surface area (Å²) in [5, 5.41) is 10.8. The molecule has 0 bridgehead atoms. The standard InChI is InChI=1S/C33H39N11O6/c1-20-23(13-35-29(37-20)22-11-26(50-39-22)30(46)49-32(2,3)4)42-18-33(19-42)12-21(17-48-33)40-7-9-41(10-8-40)27-16-44-25(14-34-27)24(15-36-44)43-6-5-28(45)38-31(43)47/h11,13-16,21H,5-10,12,17-19H2,1-4H3,(H,38,45,47). The number of urea groups is 1. The molecule has 3 amide bonds. The Bertz CT molecular complexity index is 1970. The average molecular weight is 686 g/mol. The van der Waals surface area contributed by atoms with Gasteiger partial charge in [0.15, 0.2) is 11.5 Å². The van der Waals surface area contributed by atoms with Crippen LogP contribution in [0.1, 0.15) is 49.9 Å². The molecule has 50 heavy (non-hydrogen) atoms. The van der Waals surface area contributed by atoms with Crippen molar-refractivity contribution in [3.63, 3.8) is 0 Å². The van der Waals surface area contributed by atoms with Gasteiger partial charge in [0.1, 0.15) is 22.5 Å². The van der Waals surface area contributed by atoms with Crippen LogP contribution in [0.5, 0.6) is 0 Å². The van der Waals surface area contributed by atoms with Crippen LogP contribution in [0, 0.1) is 6.92 Å². The average Bonchev–Trinajstić information content (AvgIpc) is 3.83. The molecule has 8 rings (SSSR count). The molecule has 4 aromatic heterocycles. The highest BCUT2D eigenvalue weighted by molar-refractivity contribution is 6.07. The first kappa shape index (κ1) is 32.1. The maximum atomic E-state index is 12.4. The van der Waals surface area contributed by atoms with Crippen molar-refractivity contribution < 1.29 is 28.4 Å². The molecule has 1 atom stereocenters. The lowest BCUT2D eigenvalue weighted by Gasteiger charge is -2.49. The Kier molecular flexibility index (Phi) is 7.70. The first-order chi connectivity index (χ1) is 23.9. The summed E-state index contributed by atoms with van der Waals surface area (Å²) in [6, 6.07) is 1.40. The lowest BCUT2D eigenvalue weighted by Crippen LogP contribution is -2.62. The molecule has 0 aromatic carbocycles. The number of ether oxygens (including phenoxy) is 2. The third-order valence-corrected chi connectivity index (χ3v) is 9.65. The number of imide groups is 1. The third-order valence-electron chi connectivity index (χ3n) is 9.65. The van der Waals surface area contributed by atoms with E-state index in [9.17, 15) is 14.4 Å². The minimum Gasteiger partial charge on any atom is -0.454 e. The second-order valence-corrected chi connectivity index (χ2v) is 14.3. The largest absolute Gasteiger partial charge is 0.454 e. The fraction of sp³-hybridized carbons (Fsp3) is 0.515. The lowest BCUT2D eigenvalue weighted by molar-refractivity contribution is -0.120. The summed E-state index contributed by atoms with van der Waals surface area (Å²) >= 11 is 0. The predicted octanol–water partition coefficient (Wildman–Crippen LogP) is 2.05. The molecular weight excluding hydrogens is 646 g/mol. The van der Waals surface area contributed by atoms with Crippen molar-refractivity contribution in [2.75, 3.05) is 67.1 Å². The number of piperazine rings is 1. The van der Waals surface area contributed by atoms with Crippen LogP contribution in [0.15, 0.2) is 35.4 Å². The Morgan fingerprint density at radius 2 is 1.82 bits per heavy atom. The number of nitrogens with zero attached hydrogens (tertiary/aromatic N) is 10. The number of esters is 1. The van der Waals surface area contributed by atoms with E-state index in [1.54, 1.807) is 43.9 Å². The van der Waals surface area contributed by atoms with Gasteiger partial charge in [0.25, 0.3) is 0 Å². The summed E-state index contributed by atoms with van der Waals surface area (Å²) in [6.07, 6.45) is 8.27. The Balaban J connectivity index is 0.842. The molecule has 0 aliphatic carbocycles. The fourth-order valence-corrected chi connectivity index (χ4v) is 7.14. The van der Waals surface area contributed by atoms with Crippen molar-refractivity contribution in [3.05, 3.63) is 42.3 Å². The van der Waals surface area contributed by atoms with Crippen LogP contribution in [0.25, 0.3) is 17.0 Å². The van der Waals surface area contributed by atoms with E-state index in [1.165, 1.54) is 11.0 Å². The van der Waals surface area contributed by atoms with Gasteiger partial charge in [0.2, 0.25) is 11.7 Å². The minimum atomic E-state index is -0.644. The zero-order valence-corrected chi connectivity index (χ0v) is 28.5. The number of fused-ring (bicyclic) bond motifs is 1. The van der Waals surface area contributed by atoms with Crippen LogP contribution in [0.4, 0.5) is 22.0 Å². The Labute approximate surface area is 287 Å². The number of carbonyl (C=O) groups excluding carboxylic acids is 3. The summed E-state index contributed by atoms with van der Waals surface area (Å²) in [7, 11) is 0. The van der Waals surface area contributed by atoms with Crippen LogP contribution in [-0.2, 0) is 14.3 Å². The molecule has 4 fully saturated rings. The second kappa shape index (κ2) is 12.0. The fourth-order valence-electron chi connectivity index (χ4n) is 7.14. The lowest BCUT2D eigenvalue weighted by atomic mass is 9.88. The van der Waals surface area contributed by atoms with E-state index < -0.39 is 17.6 Å². The molecule has 4 aliphatic heterocycles. The van der Waals surface area contributed by atoms with Gasteiger partial charge in [0.05, 0.1) is 48.5 Å². The van der Waals surface area contributed by atoms with Crippen LogP contribution in [-0.4, -0.2) is 122 Å². The van der Waals surface area contributed by atoms with Gasteiger partial charge in [-0.1, -0.05) is 5.16 Å². The quantitative estimate of drug-likeness (QED) is 0.292. The normalized spacial score (nSPS) is 21.2. The SMILES string of the molecule is Cc1nc(-c2cc(C(=O)OC(C)(C)C)on2)ncc1N1CC2(CC(N3CCN(c4cn5ncc(N6CCC(=O)NC6=O)c5cn4)CC3)CO2)C1. The van der Waals surface area contributed by atoms with E-state index in [4.69, 9.17) is 19.0 Å². The molecule has 0 saturated carbocycles. The number of anilines is 3. The summed E-state index contributed by atoms with van der Waals surface area (Å²) in [5.74, 6) is 0.360. The number of aromatic nitrogens is 6. The molecule has 0 radical (unpaired) electrons. The van der Waals surface area contributed by atoms with Crippen LogP contribution >= 0.6 is 0 Å². The van der Waals surface area contributed by atoms with Crippen LogP contribution < -0.4 is 20.0 Å². The highest BCUT2D eigenvalue weighted by Gasteiger charge is 2.51. The van der Waals surface area contributed by atoms with Crippen molar-refractivity contribution >= 4 is 40.6 Å². The number of hydrogen-bond acceptors (Lipinski definition) is 14. The second-order valence-electron chi connectivity index (χ2n) is 14.3. The molecule has 1 spiro atoms. The van der Waals surface area contributed by atoms with E-state index in [2.05, 4.69) is 40.2 Å². The Morgan fingerprint density at radius 3 is 2.56 bits per heavy atom. The van der Waals surface area contributed by atoms with Gasteiger partial charge < -0.3 is 23.8 Å². The molecule has 4 aliphatic rings. The number of amides is 3. The number of carbonyl (C=O) groups is 3. The van der Waals surface area contributed by atoms with E-state index in [0.29, 0.717) is 41.9 Å². The van der Waals surface area contributed by atoms with Gasteiger partial charge in [-0.3, -0.25) is 19.9 Å². The maximum absolute atomic E-state index is 12.4. The van der Waals surface area contributed by atoms with Crippen molar-refractivity contribution in [3.8, 4) is 11.5 Å². The zero-order chi connectivity index (χ0) is 34.8. The molecule has 262 valence electrons. The predicted molar refractivity (Wildman–Crippen MR) is 179 cm³/mol. The smallest absolute Gasteiger partial charge is 0.377 e. The summed E-state index contributed by atoms with van der Waals surface area (Å²) in [6.45, 7) is 13.3. The summed E-state index contributed by atoms with van der Waals surface area (Å²) in [5.41, 5.74) is 2.63. The zero-order valence-electron chi connectivity index (χ0n) is 28.5. The Hall–Kier alpha value is -5.16. The first-order valence-electron chi connectivity index (χ1n) is 16.8. The number of hydrogen-bond donors (Lipinski definition) is 1. The minimum absolute atomic E-state index is 0.00679. The summed E-state index contributed by atoms with van der Waals surface area (Å²) < 4.78 is 18.7. The van der Waals surface area contributed by atoms with Gasteiger partial charge in [-0.2, -0.15) is 5.10 Å². The number of aryl methyl sites for hydroxylation is 1. The highest BCUT2D eigenvalue weighted by Crippen LogP contribution is 2.40. The number of nitrogens with one attached hydrogen (secondary N) is 1. The molecule has 1 N–H and O–H groups in total. The van der Waals surface area contributed by atoms with Crippen molar-refractivity contribution in [1.82, 2.24) is 39.9 Å². The summed E-state index contributed by atoms with van der Waals surface area (Å²) in [4.78, 5) is 58.7. The van der Waals surface area contributed by atoms with Gasteiger partial charge in [-0.25, -0.2) is 29.1 Å². The maximum Gasteiger partial charge on any atom is 0.377 e. The van der Waals surface area contributed by atoms with Crippen molar-refractivity contribution in [2.24, 2.45) is 0 Å². The molecule has 17 heteroatoms. The highest BCUT2D eigenvalue weighted by atomic mass is 16.6. The Morgan fingerprint density at radius 1 is 1.02 bits per heavy atom. The molecule has 4 aromatic rings. The van der Waals surface area contributed by atoms with Gasteiger partial charge >= 0.3 is 12.0 Å². The van der Waals surface area contributed by atoms with E-state index in [1.807, 2.05) is 13.1 Å². The molecule has 4 saturated heterocycles. The van der Waals surface area contributed by atoms with Gasteiger partial charge in [-0.05, 0) is 34.1 Å². The molecule has 17 nitrogen and oxygen atoms in total. The number of rotatable bonds is 6. The van der Waals surface area contributed by atoms with Crippen LogP contribution in [0.2, 0.25) is 0 Å². The van der Waals surface area contributed by atoms with Crippen molar-refractivity contribution in [1.29, 1.82) is 0 Å². The van der Waals surface area contributed by atoms with Gasteiger partial charge in [-0.15, -0.1) is 0 Å². The molecular formula is C33H39N11O6. The van der Waals surface area contributed by atoms with Crippen molar-refractivity contribution in [2.45, 2.75) is 57.8 Å². The molecule has 1 unspecified atom stereocenters. The monoisotopic (exact) mass is 685 g/mol. The van der Waals surface area contributed by atoms with Crippen LogP contribution in [0.3, 0.4) is 0 Å². The third kappa shape index (κ3) is 6.00. The topological polar surface area (TPSA) is 177 Å². The van der Waals surface area contributed by atoms with E-state index in [-0.39, 0.29) is 23.7 Å². The molecule has 8 heterocycles. The van der Waals surface area contributed by atoms with E-state index >= 15 is 0 Å². The van der Waals surface area contributed by atoms with Gasteiger partial charge in [0, 0.05) is 64.3 Å². The van der Waals surface area contributed by atoms with E-state index in [0.717, 1.165) is 62.9 Å².